The van der Waals surface area contributed by atoms with E-state index < -0.39 is 5.97 Å². The van der Waals surface area contributed by atoms with Gasteiger partial charge in [0.05, 0.1) is 6.61 Å². The number of esters is 1. The van der Waals surface area contributed by atoms with Crippen LogP contribution in [-0.2, 0) is 9.53 Å². The average Bonchev–Trinajstić information content (AvgIpc) is 2.12. The fraction of sp³-hybridized carbons (Fsp3) is 0.778. The maximum Gasteiger partial charge on any atom is 0.370 e. The van der Waals surface area contributed by atoms with Crippen LogP contribution in [-0.4, -0.2) is 24.3 Å². The minimum Gasteiger partial charge on any atom is -0.461 e. The van der Waals surface area contributed by atoms with Gasteiger partial charge in [-0.25, -0.2) is 4.79 Å². The molecule has 0 radical (unpaired) electrons. The van der Waals surface area contributed by atoms with Gasteiger partial charge in [-0.1, -0.05) is 25.4 Å². The number of carbonyl (C=O) groups excluding carboxylic acids is 1. The SMILES string of the molecule is CCOC(=O)/C(Cl)=N/NCCC(C)C. The number of halogens is 1. The second-order valence-electron chi connectivity index (χ2n) is 3.21. The summed E-state index contributed by atoms with van der Waals surface area (Å²) >= 11 is 5.54. The first-order valence-corrected chi connectivity index (χ1v) is 5.08. The predicted molar refractivity (Wildman–Crippen MR) is 57.4 cm³/mol. The Morgan fingerprint density at radius 3 is 2.71 bits per heavy atom. The van der Waals surface area contributed by atoms with Crippen LogP contribution < -0.4 is 5.43 Å². The van der Waals surface area contributed by atoms with Crippen LogP contribution in [0.5, 0.6) is 0 Å². The number of hydrogen-bond acceptors (Lipinski definition) is 4. The van der Waals surface area contributed by atoms with Crippen molar-refractivity contribution in [3.63, 3.8) is 0 Å². The van der Waals surface area contributed by atoms with Crippen LogP contribution in [0.15, 0.2) is 5.10 Å². The zero-order valence-electron chi connectivity index (χ0n) is 8.84. The summed E-state index contributed by atoms with van der Waals surface area (Å²) in [6.45, 7) is 6.94. The van der Waals surface area contributed by atoms with Gasteiger partial charge in [-0.2, -0.15) is 5.10 Å². The van der Waals surface area contributed by atoms with Crippen LogP contribution in [0.25, 0.3) is 0 Å². The van der Waals surface area contributed by atoms with Gasteiger partial charge < -0.3 is 10.2 Å². The molecule has 0 fully saturated rings. The zero-order chi connectivity index (χ0) is 11.0. The Morgan fingerprint density at radius 2 is 2.21 bits per heavy atom. The third kappa shape index (κ3) is 6.71. The lowest BCUT2D eigenvalue weighted by Gasteiger charge is -2.04. The second-order valence-corrected chi connectivity index (χ2v) is 3.57. The monoisotopic (exact) mass is 220 g/mol. The van der Waals surface area contributed by atoms with Crippen molar-refractivity contribution in [3.8, 4) is 0 Å². The Labute approximate surface area is 89.7 Å². The van der Waals surface area contributed by atoms with E-state index in [-0.39, 0.29) is 5.17 Å². The standard InChI is InChI=1S/C9H17ClN2O2/c1-4-14-9(13)8(10)12-11-6-5-7(2)3/h7,11H,4-6H2,1-3H3/b12-8-. The predicted octanol–water partition coefficient (Wildman–Crippen LogP) is 1.74. The Bertz CT molecular complexity index is 205. The van der Waals surface area contributed by atoms with Crippen molar-refractivity contribution < 1.29 is 9.53 Å². The van der Waals surface area contributed by atoms with Crippen molar-refractivity contribution in [2.24, 2.45) is 11.0 Å². The quantitative estimate of drug-likeness (QED) is 0.321. The second kappa shape index (κ2) is 7.62. The van der Waals surface area contributed by atoms with Crippen molar-refractivity contribution in [2.45, 2.75) is 27.2 Å². The lowest BCUT2D eigenvalue weighted by Crippen LogP contribution is -2.18. The van der Waals surface area contributed by atoms with Gasteiger partial charge in [0.25, 0.3) is 0 Å². The van der Waals surface area contributed by atoms with E-state index >= 15 is 0 Å². The number of rotatable bonds is 6. The van der Waals surface area contributed by atoms with Gasteiger partial charge in [0.15, 0.2) is 0 Å². The van der Waals surface area contributed by atoms with Gasteiger partial charge in [0.2, 0.25) is 5.17 Å². The Morgan fingerprint density at radius 1 is 1.57 bits per heavy atom. The Balaban J connectivity index is 3.71. The fourth-order valence-corrected chi connectivity index (χ4v) is 0.829. The first kappa shape index (κ1) is 13.2. The number of nitrogens with zero attached hydrogens (tertiary/aromatic N) is 1. The highest BCUT2D eigenvalue weighted by atomic mass is 35.5. The molecule has 0 aliphatic carbocycles. The van der Waals surface area contributed by atoms with E-state index in [1.807, 2.05) is 0 Å². The highest BCUT2D eigenvalue weighted by Gasteiger charge is 2.08. The van der Waals surface area contributed by atoms with Gasteiger partial charge in [-0.3, -0.25) is 0 Å². The molecule has 0 aliphatic heterocycles. The van der Waals surface area contributed by atoms with Crippen LogP contribution >= 0.6 is 11.6 Å². The maximum atomic E-state index is 10.9. The molecule has 0 aliphatic rings. The molecule has 0 amide bonds. The lowest BCUT2D eigenvalue weighted by atomic mass is 10.1. The first-order chi connectivity index (χ1) is 6.57. The van der Waals surface area contributed by atoms with Crippen molar-refractivity contribution in [2.75, 3.05) is 13.2 Å². The molecule has 0 aromatic carbocycles. The molecule has 0 aromatic heterocycles. The summed E-state index contributed by atoms with van der Waals surface area (Å²) in [5.41, 5.74) is 2.71. The van der Waals surface area contributed by atoms with Crippen molar-refractivity contribution in [3.05, 3.63) is 0 Å². The summed E-state index contributed by atoms with van der Waals surface area (Å²) in [5.74, 6) is 0.00489. The number of ether oxygens (including phenoxy) is 1. The molecule has 0 heterocycles. The number of hydrazone groups is 1. The van der Waals surface area contributed by atoms with Crippen LogP contribution in [0.2, 0.25) is 0 Å². The molecule has 0 saturated heterocycles. The van der Waals surface area contributed by atoms with Gasteiger partial charge >= 0.3 is 5.97 Å². The lowest BCUT2D eigenvalue weighted by molar-refractivity contribution is -0.134. The number of nitrogens with one attached hydrogen (secondary N) is 1. The van der Waals surface area contributed by atoms with E-state index in [4.69, 9.17) is 11.6 Å². The zero-order valence-corrected chi connectivity index (χ0v) is 9.60. The fourth-order valence-electron chi connectivity index (χ4n) is 0.715. The molecule has 82 valence electrons. The summed E-state index contributed by atoms with van der Waals surface area (Å²) in [4.78, 5) is 10.9. The molecule has 0 saturated carbocycles. The van der Waals surface area contributed by atoms with E-state index in [2.05, 4.69) is 29.1 Å². The largest absolute Gasteiger partial charge is 0.461 e. The highest BCUT2D eigenvalue weighted by Crippen LogP contribution is 1.96. The molecular formula is C9H17ClN2O2. The molecule has 4 nitrogen and oxygen atoms in total. The molecule has 5 heteroatoms. The van der Waals surface area contributed by atoms with Crippen LogP contribution in [0.3, 0.4) is 0 Å². The third-order valence-electron chi connectivity index (χ3n) is 1.45. The molecule has 0 unspecified atom stereocenters. The van der Waals surface area contributed by atoms with E-state index in [1.165, 1.54) is 0 Å². The summed E-state index contributed by atoms with van der Waals surface area (Å²) in [5, 5.41) is 3.52. The van der Waals surface area contributed by atoms with E-state index in [0.29, 0.717) is 19.1 Å². The number of hydrogen-bond donors (Lipinski definition) is 1. The van der Waals surface area contributed by atoms with E-state index in [0.717, 1.165) is 6.42 Å². The summed E-state index contributed by atoms with van der Waals surface area (Å²) in [6.07, 6.45) is 0.983. The maximum absolute atomic E-state index is 10.9. The van der Waals surface area contributed by atoms with Crippen LogP contribution in [0, 0.1) is 5.92 Å². The topological polar surface area (TPSA) is 50.7 Å². The van der Waals surface area contributed by atoms with E-state index in [9.17, 15) is 4.79 Å². The van der Waals surface area contributed by atoms with Crippen LogP contribution in [0.1, 0.15) is 27.2 Å². The highest BCUT2D eigenvalue weighted by molar-refractivity contribution is 6.81. The van der Waals surface area contributed by atoms with Crippen LogP contribution in [0.4, 0.5) is 0 Å². The molecule has 0 atom stereocenters. The number of carbonyl (C=O) groups is 1. The van der Waals surface area contributed by atoms with Gasteiger partial charge in [-0.05, 0) is 19.3 Å². The van der Waals surface area contributed by atoms with E-state index in [1.54, 1.807) is 6.92 Å². The first-order valence-electron chi connectivity index (χ1n) is 4.71. The minimum absolute atomic E-state index is 0.157. The molecule has 1 N–H and O–H groups in total. The normalized spacial score (nSPS) is 11.6. The summed E-state index contributed by atoms with van der Waals surface area (Å²) in [7, 11) is 0. The molecule has 0 spiro atoms. The molecule has 0 bridgehead atoms. The third-order valence-corrected chi connectivity index (χ3v) is 1.69. The average molecular weight is 221 g/mol. The summed E-state index contributed by atoms with van der Waals surface area (Å²) in [6, 6.07) is 0. The smallest absolute Gasteiger partial charge is 0.370 e. The van der Waals surface area contributed by atoms with Gasteiger partial charge in [0, 0.05) is 6.54 Å². The van der Waals surface area contributed by atoms with Crippen molar-refractivity contribution in [1.29, 1.82) is 0 Å². The Hall–Kier alpha value is -0.770. The molecule has 14 heavy (non-hydrogen) atoms. The minimum atomic E-state index is -0.591. The Kier molecular flexibility index (Phi) is 7.20. The summed E-state index contributed by atoms with van der Waals surface area (Å²) < 4.78 is 4.64. The molecular weight excluding hydrogens is 204 g/mol. The van der Waals surface area contributed by atoms with Crippen molar-refractivity contribution in [1.82, 2.24) is 5.43 Å². The molecule has 0 aromatic rings. The van der Waals surface area contributed by atoms with Gasteiger partial charge in [0.1, 0.15) is 0 Å². The van der Waals surface area contributed by atoms with Crippen molar-refractivity contribution >= 4 is 22.7 Å². The molecule has 0 rings (SSSR count). The van der Waals surface area contributed by atoms with Gasteiger partial charge in [-0.15, -0.1) is 0 Å².